The summed E-state index contributed by atoms with van der Waals surface area (Å²) in [5, 5.41) is 8.87. The largest absolute Gasteiger partial charge is 0.296 e. The molecule has 98 valence electrons. The van der Waals surface area contributed by atoms with E-state index < -0.39 is 0 Å². The molecule has 0 aliphatic rings. The molecule has 0 N–H and O–H groups in total. The van der Waals surface area contributed by atoms with Crippen LogP contribution in [0.4, 0.5) is 0 Å². The average molecular weight is 245 g/mol. The molecular weight excluding hydrogens is 222 g/mol. The third-order valence-corrected chi connectivity index (χ3v) is 3.34. The molecular formula is C15H23N3. The van der Waals surface area contributed by atoms with Crippen LogP contribution >= 0.6 is 0 Å². The zero-order valence-corrected chi connectivity index (χ0v) is 11.7. The quantitative estimate of drug-likeness (QED) is 0.739. The first-order valence-electron chi connectivity index (χ1n) is 6.80. The number of pyridine rings is 1. The van der Waals surface area contributed by atoms with E-state index >= 15 is 0 Å². The van der Waals surface area contributed by atoms with Crippen molar-refractivity contribution < 1.29 is 0 Å². The average Bonchev–Trinajstić information content (AvgIpc) is 2.42. The summed E-state index contributed by atoms with van der Waals surface area (Å²) < 4.78 is 0. The minimum Gasteiger partial charge on any atom is -0.296 e. The summed E-state index contributed by atoms with van der Waals surface area (Å²) >= 11 is 0. The summed E-state index contributed by atoms with van der Waals surface area (Å²) in [7, 11) is 0. The van der Waals surface area contributed by atoms with E-state index in [4.69, 9.17) is 5.26 Å². The molecule has 1 aromatic rings. The second-order valence-corrected chi connectivity index (χ2v) is 4.74. The summed E-state index contributed by atoms with van der Waals surface area (Å²) in [5.41, 5.74) is 1.69. The summed E-state index contributed by atoms with van der Waals surface area (Å²) in [5.74, 6) is 0. The number of nitriles is 1. The van der Waals surface area contributed by atoms with Crippen molar-refractivity contribution in [1.29, 1.82) is 5.26 Å². The topological polar surface area (TPSA) is 39.9 Å². The van der Waals surface area contributed by atoms with Crippen LogP contribution in [-0.4, -0.2) is 22.5 Å². The van der Waals surface area contributed by atoms with E-state index in [1.165, 1.54) is 18.4 Å². The van der Waals surface area contributed by atoms with Gasteiger partial charge in [-0.25, -0.2) is 4.98 Å². The van der Waals surface area contributed by atoms with Gasteiger partial charge >= 0.3 is 0 Å². The Morgan fingerprint density at radius 1 is 1.44 bits per heavy atom. The highest BCUT2D eigenvalue weighted by atomic mass is 15.1. The number of hydrogen-bond donors (Lipinski definition) is 0. The fraction of sp³-hybridized carbons (Fsp3) is 0.600. The zero-order valence-electron chi connectivity index (χ0n) is 11.7. The predicted octanol–water partition coefficient (Wildman–Crippen LogP) is 3.35. The smallest absolute Gasteiger partial charge is 0.140 e. The standard InChI is InChI=1S/C15H23N3/c1-4-6-9-18(13(3)5-2)12-14-7-8-17-15(10-14)11-16/h7-8,10,13H,4-6,9,12H2,1-3H3. The van der Waals surface area contributed by atoms with Gasteiger partial charge < -0.3 is 0 Å². The second kappa shape index (κ2) is 7.84. The van der Waals surface area contributed by atoms with Crippen molar-refractivity contribution in [3.8, 4) is 6.07 Å². The number of nitrogens with zero attached hydrogens (tertiary/aromatic N) is 3. The molecule has 1 unspecified atom stereocenters. The summed E-state index contributed by atoms with van der Waals surface area (Å²) in [6.45, 7) is 8.73. The molecule has 0 amide bonds. The lowest BCUT2D eigenvalue weighted by molar-refractivity contribution is 0.192. The van der Waals surface area contributed by atoms with Gasteiger partial charge in [0.25, 0.3) is 0 Å². The molecule has 0 spiro atoms. The molecule has 1 atom stereocenters. The van der Waals surface area contributed by atoms with E-state index in [0.29, 0.717) is 11.7 Å². The molecule has 3 nitrogen and oxygen atoms in total. The van der Waals surface area contributed by atoms with Crippen LogP contribution in [0.15, 0.2) is 18.3 Å². The lowest BCUT2D eigenvalue weighted by Crippen LogP contribution is -2.33. The molecule has 0 aliphatic carbocycles. The normalized spacial score (nSPS) is 12.4. The Bertz CT molecular complexity index is 395. The van der Waals surface area contributed by atoms with Crippen molar-refractivity contribution in [1.82, 2.24) is 9.88 Å². The van der Waals surface area contributed by atoms with Gasteiger partial charge in [0, 0.05) is 18.8 Å². The summed E-state index contributed by atoms with van der Waals surface area (Å²) in [6.07, 6.45) is 5.32. The van der Waals surface area contributed by atoms with Crippen molar-refractivity contribution >= 4 is 0 Å². The van der Waals surface area contributed by atoms with E-state index in [1.54, 1.807) is 6.20 Å². The zero-order chi connectivity index (χ0) is 13.4. The molecule has 0 bridgehead atoms. The van der Waals surface area contributed by atoms with Crippen molar-refractivity contribution in [2.24, 2.45) is 0 Å². The van der Waals surface area contributed by atoms with Gasteiger partial charge in [-0.1, -0.05) is 20.3 Å². The molecule has 1 heterocycles. The van der Waals surface area contributed by atoms with Gasteiger partial charge in [-0.3, -0.25) is 4.90 Å². The molecule has 1 aromatic heterocycles. The Hall–Kier alpha value is -1.40. The van der Waals surface area contributed by atoms with Gasteiger partial charge in [-0.15, -0.1) is 0 Å². The van der Waals surface area contributed by atoms with Crippen molar-refractivity contribution in [3.63, 3.8) is 0 Å². The van der Waals surface area contributed by atoms with Gasteiger partial charge in [0.1, 0.15) is 11.8 Å². The van der Waals surface area contributed by atoms with Gasteiger partial charge in [0.05, 0.1) is 0 Å². The van der Waals surface area contributed by atoms with Crippen LogP contribution in [-0.2, 0) is 6.54 Å². The number of hydrogen-bond acceptors (Lipinski definition) is 3. The molecule has 0 saturated carbocycles. The maximum Gasteiger partial charge on any atom is 0.140 e. The molecule has 3 heteroatoms. The molecule has 0 aliphatic heterocycles. The molecule has 0 fully saturated rings. The lowest BCUT2D eigenvalue weighted by atomic mass is 10.1. The summed E-state index contributed by atoms with van der Waals surface area (Å²) in [6, 6.07) is 6.57. The lowest BCUT2D eigenvalue weighted by Gasteiger charge is -2.28. The van der Waals surface area contributed by atoms with Crippen molar-refractivity contribution in [2.75, 3.05) is 6.54 Å². The minimum absolute atomic E-state index is 0.507. The second-order valence-electron chi connectivity index (χ2n) is 4.74. The van der Waals surface area contributed by atoms with Gasteiger partial charge in [0.2, 0.25) is 0 Å². The first-order chi connectivity index (χ1) is 8.71. The van der Waals surface area contributed by atoms with Crippen molar-refractivity contribution in [2.45, 2.75) is 52.6 Å². The summed E-state index contributed by atoms with van der Waals surface area (Å²) in [4.78, 5) is 6.50. The van der Waals surface area contributed by atoms with Crippen molar-refractivity contribution in [3.05, 3.63) is 29.6 Å². The Morgan fingerprint density at radius 2 is 2.22 bits per heavy atom. The highest BCUT2D eigenvalue weighted by molar-refractivity contribution is 5.25. The highest BCUT2D eigenvalue weighted by Gasteiger charge is 2.12. The molecule has 0 radical (unpaired) electrons. The first kappa shape index (κ1) is 14.7. The van der Waals surface area contributed by atoms with Crippen LogP contribution in [0.1, 0.15) is 51.3 Å². The van der Waals surface area contributed by atoms with Gasteiger partial charge in [-0.2, -0.15) is 5.26 Å². The molecule has 0 aromatic carbocycles. The first-order valence-corrected chi connectivity index (χ1v) is 6.80. The molecule has 1 rings (SSSR count). The van der Waals surface area contributed by atoms with Crippen LogP contribution in [0.2, 0.25) is 0 Å². The SMILES string of the molecule is CCCCN(Cc1ccnc(C#N)c1)C(C)CC. The Balaban J connectivity index is 2.72. The predicted molar refractivity (Wildman–Crippen MR) is 74.0 cm³/mol. The van der Waals surface area contributed by atoms with Gasteiger partial charge in [-0.05, 0) is 44.0 Å². The van der Waals surface area contributed by atoms with Crippen LogP contribution < -0.4 is 0 Å². The van der Waals surface area contributed by atoms with E-state index in [0.717, 1.165) is 19.5 Å². The van der Waals surface area contributed by atoms with Crippen LogP contribution in [0.5, 0.6) is 0 Å². The number of rotatable bonds is 7. The Labute approximate surface area is 110 Å². The van der Waals surface area contributed by atoms with E-state index in [2.05, 4.69) is 36.7 Å². The minimum atomic E-state index is 0.507. The third-order valence-electron chi connectivity index (χ3n) is 3.34. The van der Waals surface area contributed by atoms with Crippen LogP contribution in [0, 0.1) is 11.3 Å². The molecule has 18 heavy (non-hydrogen) atoms. The van der Waals surface area contributed by atoms with E-state index in [-0.39, 0.29) is 0 Å². The van der Waals surface area contributed by atoms with Crippen LogP contribution in [0.25, 0.3) is 0 Å². The Morgan fingerprint density at radius 3 is 2.83 bits per heavy atom. The maximum absolute atomic E-state index is 8.87. The monoisotopic (exact) mass is 245 g/mol. The van der Waals surface area contributed by atoms with E-state index in [9.17, 15) is 0 Å². The third kappa shape index (κ3) is 4.46. The highest BCUT2D eigenvalue weighted by Crippen LogP contribution is 2.12. The van der Waals surface area contributed by atoms with Gasteiger partial charge in [0.15, 0.2) is 0 Å². The fourth-order valence-electron chi connectivity index (χ4n) is 1.94. The van der Waals surface area contributed by atoms with Crippen LogP contribution in [0.3, 0.4) is 0 Å². The molecule has 0 saturated heterocycles. The Kier molecular flexibility index (Phi) is 6.38. The number of unbranched alkanes of at least 4 members (excludes halogenated alkanes) is 1. The van der Waals surface area contributed by atoms with E-state index in [1.807, 2.05) is 12.1 Å². The number of aromatic nitrogens is 1. The maximum atomic E-state index is 8.87. The fourth-order valence-corrected chi connectivity index (χ4v) is 1.94.